The molecule has 2 aliphatic heterocycles. The summed E-state index contributed by atoms with van der Waals surface area (Å²) in [5, 5.41) is 0. The van der Waals surface area contributed by atoms with Crippen LogP contribution in [0.2, 0.25) is 0 Å². The van der Waals surface area contributed by atoms with Crippen LogP contribution in [0.5, 0.6) is 0 Å². The SMILES string of the molecule is CCCCN(C)C(=O)C1CCN(C(=O)C2CCCO2)CC1. The molecule has 0 bridgehead atoms. The van der Waals surface area contributed by atoms with Crippen LogP contribution in [0, 0.1) is 5.92 Å². The molecule has 0 saturated carbocycles. The molecular weight excluding hydrogens is 268 g/mol. The zero-order valence-corrected chi connectivity index (χ0v) is 13.3. The smallest absolute Gasteiger partial charge is 0.251 e. The lowest BCUT2D eigenvalue weighted by molar-refractivity contribution is -0.145. The van der Waals surface area contributed by atoms with Crippen molar-refractivity contribution in [3.8, 4) is 0 Å². The zero-order chi connectivity index (χ0) is 15.2. The quantitative estimate of drug-likeness (QED) is 0.775. The summed E-state index contributed by atoms with van der Waals surface area (Å²) in [6, 6.07) is 0. The average molecular weight is 296 g/mol. The van der Waals surface area contributed by atoms with Crippen molar-refractivity contribution in [2.45, 2.75) is 51.6 Å². The highest BCUT2D eigenvalue weighted by Crippen LogP contribution is 2.22. The molecule has 2 rings (SSSR count). The van der Waals surface area contributed by atoms with Gasteiger partial charge in [0.25, 0.3) is 5.91 Å². The monoisotopic (exact) mass is 296 g/mol. The Morgan fingerprint density at radius 2 is 1.95 bits per heavy atom. The van der Waals surface area contributed by atoms with Gasteiger partial charge >= 0.3 is 0 Å². The summed E-state index contributed by atoms with van der Waals surface area (Å²) in [6.07, 6.45) is 5.32. The van der Waals surface area contributed by atoms with Crippen LogP contribution < -0.4 is 0 Å². The summed E-state index contributed by atoms with van der Waals surface area (Å²) < 4.78 is 5.46. The second kappa shape index (κ2) is 7.78. The molecule has 21 heavy (non-hydrogen) atoms. The molecule has 5 nitrogen and oxygen atoms in total. The first-order valence-electron chi connectivity index (χ1n) is 8.28. The van der Waals surface area contributed by atoms with Crippen LogP contribution in [0.3, 0.4) is 0 Å². The topological polar surface area (TPSA) is 49.9 Å². The van der Waals surface area contributed by atoms with E-state index in [0.29, 0.717) is 19.7 Å². The van der Waals surface area contributed by atoms with Gasteiger partial charge < -0.3 is 14.5 Å². The van der Waals surface area contributed by atoms with Crippen LogP contribution >= 0.6 is 0 Å². The maximum atomic E-state index is 12.3. The van der Waals surface area contributed by atoms with E-state index in [1.165, 1.54) is 0 Å². The lowest BCUT2D eigenvalue weighted by Gasteiger charge is -2.34. The Morgan fingerprint density at radius 3 is 2.52 bits per heavy atom. The van der Waals surface area contributed by atoms with Gasteiger partial charge in [0.2, 0.25) is 5.91 Å². The molecule has 0 spiro atoms. The Hall–Kier alpha value is -1.10. The van der Waals surface area contributed by atoms with Gasteiger partial charge in [0.1, 0.15) is 6.10 Å². The summed E-state index contributed by atoms with van der Waals surface area (Å²) in [7, 11) is 1.89. The standard InChI is InChI=1S/C16H28N2O3/c1-3-4-9-17(2)15(19)13-7-10-18(11-8-13)16(20)14-6-5-12-21-14/h13-14H,3-12H2,1-2H3. The summed E-state index contributed by atoms with van der Waals surface area (Å²) in [4.78, 5) is 28.3. The van der Waals surface area contributed by atoms with Crippen LogP contribution in [0.4, 0.5) is 0 Å². The third kappa shape index (κ3) is 4.19. The van der Waals surface area contributed by atoms with Crippen molar-refractivity contribution in [2.24, 2.45) is 5.92 Å². The average Bonchev–Trinajstić information content (AvgIpc) is 3.05. The molecular formula is C16H28N2O3. The van der Waals surface area contributed by atoms with Gasteiger partial charge in [0.05, 0.1) is 0 Å². The first kappa shape index (κ1) is 16.3. The third-order valence-electron chi connectivity index (χ3n) is 4.58. The van der Waals surface area contributed by atoms with Crippen molar-refractivity contribution in [3.05, 3.63) is 0 Å². The van der Waals surface area contributed by atoms with Crippen LogP contribution in [0.1, 0.15) is 45.4 Å². The van der Waals surface area contributed by atoms with E-state index >= 15 is 0 Å². The van der Waals surface area contributed by atoms with Gasteiger partial charge in [-0.1, -0.05) is 13.3 Å². The molecule has 2 aliphatic rings. The van der Waals surface area contributed by atoms with E-state index in [-0.39, 0.29) is 23.8 Å². The molecule has 1 atom stereocenters. The van der Waals surface area contributed by atoms with E-state index in [1.54, 1.807) is 0 Å². The van der Waals surface area contributed by atoms with Gasteiger partial charge in [0.15, 0.2) is 0 Å². The second-order valence-electron chi connectivity index (χ2n) is 6.21. The summed E-state index contributed by atoms with van der Waals surface area (Å²) >= 11 is 0. The predicted octanol–water partition coefficient (Wildman–Crippen LogP) is 1.66. The number of likely N-dealkylation sites (tertiary alicyclic amines) is 1. The van der Waals surface area contributed by atoms with Crippen molar-refractivity contribution in [1.29, 1.82) is 0 Å². The highest BCUT2D eigenvalue weighted by atomic mass is 16.5. The highest BCUT2D eigenvalue weighted by molar-refractivity contribution is 5.82. The number of ether oxygens (including phenoxy) is 1. The van der Waals surface area contributed by atoms with Crippen LogP contribution in [0.15, 0.2) is 0 Å². The minimum atomic E-state index is -0.232. The minimum absolute atomic E-state index is 0.0837. The molecule has 0 N–H and O–H groups in total. The first-order valence-corrected chi connectivity index (χ1v) is 8.28. The fraction of sp³-hybridized carbons (Fsp3) is 0.875. The largest absolute Gasteiger partial charge is 0.368 e. The van der Waals surface area contributed by atoms with Gasteiger partial charge in [-0.3, -0.25) is 9.59 Å². The van der Waals surface area contributed by atoms with Crippen molar-refractivity contribution in [2.75, 3.05) is 33.3 Å². The fourth-order valence-electron chi connectivity index (χ4n) is 3.14. The van der Waals surface area contributed by atoms with Crippen molar-refractivity contribution in [3.63, 3.8) is 0 Å². The number of hydrogen-bond donors (Lipinski definition) is 0. The number of carbonyl (C=O) groups excluding carboxylic acids is 2. The molecule has 120 valence electrons. The van der Waals surface area contributed by atoms with Crippen LogP contribution in [-0.2, 0) is 14.3 Å². The molecule has 0 radical (unpaired) electrons. The maximum absolute atomic E-state index is 12.3. The maximum Gasteiger partial charge on any atom is 0.251 e. The number of amides is 2. The van der Waals surface area contributed by atoms with Crippen molar-refractivity contribution < 1.29 is 14.3 Å². The molecule has 2 fully saturated rings. The summed E-state index contributed by atoms with van der Waals surface area (Å²) in [6.45, 7) is 5.05. The molecule has 2 saturated heterocycles. The van der Waals surface area contributed by atoms with E-state index in [0.717, 1.165) is 45.1 Å². The number of rotatable bonds is 5. The van der Waals surface area contributed by atoms with Crippen molar-refractivity contribution in [1.82, 2.24) is 9.80 Å². The molecule has 2 heterocycles. The molecule has 2 amide bonds. The van der Waals surface area contributed by atoms with E-state index in [4.69, 9.17) is 4.74 Å². The number of nitrogens with zero attached hydrogens (tertiary/aromatic N) is 2. The van der Waals surface area contributed by atoms with E-state index in [1.807, 2.05) is 16.8 Å². The molecule has 1 unspecified atom stereocenters. The van der Waals surface area contributed by atoms with Crippen molar-refractivity contribution >= 4 is 11.8 Å². The second-order valence-corrected chi connectivity index (χ2v) is 6.21. The Kier molecular flexibility index (Phi) is 6.03. The fourth-order valence-corrected chi connectivity index (χ4v) is 3.14. The van der Waals surface area contributed by atoms with Gasteiger partial charge in [-0.2, -0.15) is 0 Å². The number of hydrogen-bond acceptors (Lipinski definition) is 3. The molecule has 0 aromatic heterocycles. The number of carbonyl (C=O) groups is 2. The third-order valence-corrected chi connectivity index (χ3v) is 4.58. The molecule has 5 heteroatoms. The first-order chi connectivity index (χ1) is 10.1. The Labute approximate surface area is 127 Å². The molecule has 0 aromatic rings. The highest BCUT2D eigenvalue weighted by Gasteiger charge is 2.33. The minimum Gasteiger partial charge on any atom is -0.368 e. The van der Waals surface area contributed by atoms with Gasteiger partial charge in [-0.05, 0) is 32.1 Å². The summed E-state index contributed by atoms with van der Waals surface area (Å²) in [5.74, 6) is 0.450. The lowest BCUT2D eigenvalue weighted by atomic mass is 9.95. The van der Waals surface area contributed by atoms with E-state index in [9.17, 15) is 9.59 Å². The number of piperidine rings is 1. The van der Waals surface area contributed by atoms with Gasteiger partial charge in [-0.25, -0.2) is 0 Å². The lowest BCUT2D eigenvalue weighted by Crippen LogP contribution is -2.46. The zero-order valence-electron chi connectivity index (χ0n) is 13.3. The van der Waals surface area contributed by atoms with Gasteiger partial charge in [0, 0.05) is 39.2 Å². The number of unbranched alkanes of at least 4 members (excludes halogenated alkanes) is 1. The summed E-state index contributed by atoms with van der Waals surface area (Å²) in [5.41, 5.74) is 0. The van der Waals surface area contributed by atoms with E-state index < -0.39 is 0 Å². The Morgan fingerprint density at radius 1 is 1.24 bits per heavy atom. The van der Waals surface area contributed by atoms with Crippen LogP contribution in [-0.4, -0.2) is 61.0 Å². The predicted molar refractivity (Wildman–Crippen MR) is 80.8 cm³/mol. The molecule has 0 aromatic carbocycles. The Balaban J connectivity index is 1.77. The Bertz CT molecular complexity index is 359. The van der Waals surface area contributed by atoms with E-state index in [2.05, 4.69) is 6.92 Å². The van der Waals surface area contributed by atoms with Crippen LogP contribution in [0.25, 0.3) is 0 Å². The normalized spacial score (nSPS) is 23.3. The molecule has 0 aliphatic carbocycles. The van der Waals surface area contributed by atoms with Gasteiger partial charge in [-0.15, -0.1) is 0 Å².